The largest absolute Gasteiger partial charge is 0.380 e. The summed E-state index contributed by atoms with van der Waals surface area (Å²) in [6.07, 6.45) is 3.45. The Kier molecular flexibility index (Phi) is 5.34. The molecule has 3 heteroatoms. The zero-order chi connectivity index (χ0) is 21.3. The molecule has 29 heavy (non-hydrogen) atoms. The fraction of sp³-hybridized carbons (Fsp3) is 0.308. The van der Waals surface area contributed by atoms with Crippen LogP contribution < -0.4 is 0 Å². The van der Waals surface area contributed by atoms with E-state index in [4.69, 9.17) is 0 Å². The molecule has 0 aliphatic rings. The predicted octanol–water partition coefficient (Wildman–Crippen LogP) is 5.83. The monoisotopic (exact) mass is 384 g/mol. The van der Waals surface area contributed by atoms with Gasteiger partial charge in [-0.15, -0.1) is 0 Å². The van der Waals surface area contributed by atoms with Crippen molar-refractivity contribution in [1.29, 1.82) is 5.26 Å². The molecule has 0 radical (unpaired) electrons. The van der Waals surface area contributed by atoms with Crippen molar-refractivity contribution < 1.29 is 5.11 Å². The first kappa shape index (κ1) is 20.8. The lowest BCUT2D eigenvalue weighted by molar-refractivity contribution is -0.0261. The van der Waals surface area contributed by atoms with Gasteiger partial charge in [0, 0.05) is 18.0 Å². The average Bonchev–Trinajstić information content (AvgIpc) is 2.73. The number of benzene rings is 2. The first-order chi connectivity index (χ1) is 13.6. The third kappa shape index (κ3) is 3.81. The summed E-state index contributed by atoms with van der Waals surface area (Å²) in [5.74, 6) is 0. The molecule has 0 bridgehead atoms. The predicted molar refractivity (Wildman–Crippen MR) is 117 cm³/mol. The maximum Gasteiger partial charge on any atom is 0.121 e. The van der Waals surface area contributed by atoms with E-state index in [1.165, 1.54) is 0 Å². The number of pyridine rings is 1. The maximum absolute atomic E-state index is 11.7. The van der Waals surface area contributed by atoms with Crippen molar-refractivity contribution in [3.63, 3.8) is 0 Å². The summed E-state index contributed by atoms with van der Waals surface area (Å²) in [4.78, 5) is 4.21. The molecule has 0 aliphatic heterocycles. The van der Waals surface area contributed by atoms with Crippen LogP contribution in [0, 0.1) is 16.7 Å². The topological polar surface area (TPSA) is 56.9 Å². The molecule has 1 aromatic heterocycles. The standard InChI is InChI=1S/C26H28N2O/c1-24(2,3)26(29,23-7-6-16-28-17-23)22-14-10-20(11-15-22)19-8-12-21(13-9-19)25(4,5)18-27/h6-17,29H,1-5H3. The Balaban J connectivity index is 1.98. The molecule has 0 fully saturated rings. The SMILES string of the molecule is CC(C)(C#N)c1ccc(-c2ccc(C(O)(c3cccnc3)C(C)(C)C)cc2)cc1. The summed E-state index contributed by atoms with van der Waals surface area (Å²) in [5, 5.41) is 21.1. The van der Waals surface area contributed by atoms with Crippen LogP contribution >= 0.6 is 0 Å². The normalized spacial score (nSPS) is 14.1. The highest BCUT2D eigenvalue weighted by Gasteiger charge is 2.43. The van der Waals surface area contributed by atoms with E-state index >= 15 is 0 Å². The van der Waals surface area contributed by atoms with Gasteiger partial charge in [-0.1, -0.05) is 75.4 Å². The summed E-state index contributed by atoms with van der Waals surface area (Å²) >= 11 is 0. The minimum atomic E-state index is -1.15. The van der Waals surface area contributed by atoms with Gasteiger partial charge < -0.3 is 5.11 Å². The highest BCUT2D eigenvalue weighted by molar-refractivity contribution is 5.65. The number of aliphatic hydroxyl groups is 1. The number of nitriles is 1. The van der Waals surface area contributed by atoms with E-state index in [0.717, 1.165) is 27.8 Å². The number of hydrogen-bond acceptors (Lipinski definition) is 3. The fourth-order valence-corrected chi connectivity index (χ4v) is 3.66. The van der Waals surface area contributed by atoms with Crippen molar-refractivity contribution in [2.45, 2.75) is 45.6 Å². The minimum absolute atomic E-state index is 0.415. The van der Waals surface area contributed by atoms with E-state index in [1.54, 1.807) is 12.4 Å². The summed E-state index contributed by atoms with van der Waals surface area (Å²) < 4.78 is 0. The van der Waals surface area contributed by atoms with Crippen molar-refractivity contribution in [3.05, 3.63) is 89.7 Å². The average molecular weight is 385 g/mol. The van der Waals surface area contributed by atoms with Gasteiger partial charge in [0.15, 0.2) is 0 Å². The second kappa shape index (κ2) is 7.46. The molecule has 0 aliphatic carbocycles. The van der Waals surface area contributed by atoms with Crippen LogP contribution in [0.15, 0.2) is 73.1 Å². The third-order valence-corrected chi connectivity index (χ3v) is 5.69. The minimum Gasteiger partial charge on any atom is -0.380 e. The van der Waals surface area contributed by atoms with E-state index in [-0.39, 0.29) is 0 Å². The van der Waals surface area contributed by atoms with Crippen LogP contribution in [0.3, 0.4) is 0 Å². The Morgan fingerprint density at radius 1 is 0.759 bits per heavy atom. The Labute approximate surface area is 173 Å². The van der Waals surface area contributed by atoms with Gasteiger partial charge in [0.2, 0.25) is 0 Å². The van der Waals surface area contributed by atoms with E-state index in [2.05, 4.69) is 11.1 Å². The zero-order valence-electron chi connectivity index (χ0n) is 17.8. The van der Waals surface area contributed by atoms with Gasteiger partial charge in [-0.25, -0.2) is 0 Å². The van der Waals surface area contributed by atoms with Gasteiger partial charge in [-0.3, -0.25) is 4.98 Å². The van der Waals surface area contributed by atoms with Gasteiger partial charge in [-0.05, 0) is 47.6 Å². The maximum atomic E-state index is 11.7. The third-order valence-electron chi connectivity index (χ3n) is 5.69. The van der Waals surface area contributed by atoms with Crippen molar-refractivity contribution in [2.24, 2.45) is 5.41 Å². The van der Waals surface area contributed by atoms with Crippen molar-refractivity contribution in [1.82, 2.24) is 4.98 Å². The number of aromatic nitrogens is 1. The van der Waals surface area contributed by atoms with Gasteiger partial charge >= 0.3 is 0 Å². The number of hydrogen-bond donors (Lipinski definition) is 1. The van der Waals surface area contributed by atoms with Crippen LogP contribution in [0.1, 0.15) is 51.3 Å². The Morgan fingerprint density at radius 2 is 1.28 bits per heavy atom. The van der Waals surface area contributed by atoms with Crippen molar-refractivity contribution in [3.8, 4) is 17.2 Å². The summed E-state index contributed by atoms with van der Waals surface area (Å²) in [6, 6.07) is 22.3. The lowest BCUT2D eigenvalue weighted by Gasteiger charge is -2.41. The molecule has 0 spiro atoms. The van der Waals surface area contributed by atoms with Crippen LogP contribution in [-0.2, 0) is 11.0 Å². The quantitative estimate of drug-likeness (QED) is 0.615. The molecule has 0 saturated heterocycles. The van der Waals surface area contributed by atoms with Gasteiger partial charge in [0.1, 0.15) is 5.60 Å². The summed E-state index contributed by atoms with van der Waals surface area (Å²) in [7, 11) is 0. The fourth-order valence-electron chi connectivity index (χ4n) is 3.66. The smallest absolute Gasteiger partial charge is 0.121 e. The van der Waals surface area contributed by atoms with Crippen molar-refractivity contribution in [2.75, 3.05) is 0 Å². The molecule has 148 valence electrons. The Morgan fingerprint density at radius 3 is 1.69 bits per heavy atom. The van der Waals surface area contributed by atoms with E-state index in [9.17, 15) is 10.4 Å². The van der Waals surface area contributed by atoms with Gasteiger partial charge in [0.05, 0.1) is 11.5 Å². The van der Waals surface area contributed by atoms with Crippen molar-refractivity contribution >= 4 is 0 Å². The number of nitrogens with zero attached hydrogens (tertiary/aromatic N) is 2. The summed E-state index contributed by atoms with van der Waals surface area (Å²) in [6.45, 7) is 9.93. The molecule has 1 heterocycles. The van der Waals surface area contributed by atoms with Crippen LogP contribution in [0.4, 0.5) is 0 Å². The zero-order valence-corrected chi connectivity index (χ0v) is 17.8. The van der Waals surface area contributed by atoms with Gasteiger partial charge in [-0.2, -0.15) is 5.26 Å². The van der Waals surface area contributed by atoms with Crippen LogP contribution in [0.5, 0.6) is 0 Å². The lowest BCUT2D eigenvalue weighted by atomic mass is 9.68. The van der Waals surface area contributed by atoms with E-state index < -0.39 is 16.4 Å². The second-order valence-electron chi connectivity index (χ2n) is 9.09. The molecule has 2 aromatic carbocycles. The number of rotatable bonds is 4. The Bertz CT molecular complexity index is 1010. The molecule has 0 amide bonds. The molecule has 0 saturated carbocycles. The molecule has 1 N–H and O–H groups in total. The highest BCUT2D eigenvalue weighted by Crippen LogP contribution is 2.44. The molecular formula is C26H28N2O. The molecule has 3 rings (SSSR count). The molecule has 1 unspecified atom stereocenters. The van der Waals surface area contributed by atoms with Gasteiger partial charge in [0.25, 0.3) is 0 Å². The van der Waals surface area contributed by atoms with Crippen LogP contribution in [-0.4, -0.2) is 10.1 Å². The molecular weight excluding hydrogens is 356 g/mol. The van der Waals surface area contributed by atoms with E-state index in [1.807, 2.05) is 95.3 Å². The van der Waals surface area contributed by atoms with E-state index in [0.29, 0.717) is 0 Å². The molecule has 3 aromatic rings. The van der Waals surface area contributed by atoms with Crippen LogP contribution in [0.25, 0.3) is 11.1 Å². The lowest BCUT2D eigenvalue weighted by Crippen LogP contribution is -2.41. The summed E-state index contributed by atoms with van der Waals surface area (Å²) in [5.41, 5.74) is 2.69. The Hall–Kier alpha value is -2.96. The highest BCUT2D eigenvalue weighted by atomic mass is 16.3. The second-order valence-corrected chi connectivity index (χ2v) is 9.09. The molecule has 3 nitrogen and oxygen atoms in total. The first-order valence-corrected chi connectivity index (χ1v) is 9.85. The molecule has 1 atom stereocenters. The van der Waals surface area contributed by atoms with Crippen LogP contribution in [0.2, 0.25) is 0 Å². The first-order valence-electron chi connectivity index (χ1n) is 9.85.